The average Bonchev–Trinajstić information content (AvgIpc) is 3.12. The molecule has 0 saturated carbocycles. The van der Waals surface area contributed by atoms with Gasteiger partial charge in [0.1, 0.15) is 17.2 Å². The van der Waals surface area contributed by atoms with Crippen LogP contribution in [-0.4, -0.2) is 76.6 Å². The molecule has 0 fully saturated rings. The van der Waals surface area contributed by atoms with Crippen LogP contribution in [0.2, 0.25) is 0 Å². The fourth-order valence-corrected chi connectivity index (χ4v) is 4.76. The van der Waals surface area contributed by atoms with E-state index in [1.807, 2.05) is 0 Å². The lowest BCUT2D eigenvalue weighted by molar-refractivity contribution is -0.141. The van der Waals surface area contributed by atoms with Crippen LogP contribution < -0.4 is 29.5 Å². The molecule has 3 amide bonds. The summed E-state index contributed by atoms with van der Waals surface area (Å²) in [6.07, 6.45) is 0.0967. The largest absolute Gasteiger partial charge is 0.530 e. The second-order valence-corrected chi connectivity index (χ2v) is 10.8. The van der Waals surface area contributed by atoms with E-state index < -0.39 is 44.2 Å². The standard InChI is InChI=1S/C33H36N3O12P/c1-43-28(37)16-19-34-31(40)22-4-10-25(11-5-22)46-49(47-26-12-6-23(7-13-26)32(41)35-20-17-29(38)44-2)48-27-14-8-24(9-15-27)33(42)36-21-18-30(39)45-3/h4-15H,16-21H2,1-3H3,(H,34,40)(H,35,41)(H,36,42). The Kier molecular flexibility index (Phi) is 15.3. The van der Waals surface area contributed by atoms with E-state index in [1.54, 1.807) is 36.4 Å². The number of carbonyl (C=O) groups excluding carboxylic acids is 6. The monoisotopic (exact) mass is 697 g/mol. The van der Waals surface area contributed by atoms with Gasteiger partial charge in [-0.15, -0.1) is 0 Å². The molecule has 0 radical (unpaired) electrons. The molecule has 0 saturated heterocycles. The van der Waals surface area contributed by atoms with Crippen molar-refractivity contribution in [3.63, 3.8) is 0 Å². The van der Waals surface area contributed by atoms with Crippen molar-refractivity contribution < 1.29 is 56.5 Å². The molecule has 0 spiro atoms. The van der Waals surface area contributed by atoms with Crippen molar-refractivity contribution in [3.05, 3.63) is 89.5 Å². The molecule has 0 atom stereocenters. The molecule has 3 N–H and O–H groups in total. The highest BCUT2D eigenvalue weighted by atomic mass is 31.2. The Morgan fingerprint density at radius 1 is 0.449 bits per heavy atom. The van der Waals surface area contributed by atoms with Crippen molar-refractivity contribution in [2.24, 2.45) is 0 Å². The first-order valence-corrected chi connectivity index (χ1v) is 15.9. The lowest BCUT2D eigenvalue weighted by Gasteiger charge is -2.18. The molecule has 16 heteroatoms. The first kappa shape index (κ1) is 37.8. The van der Waals surface area contributed by atoms with E-state index in [0.29, 0.717) is 33.9 Å². The highest BCUT2D eigenvalue weighted by Gasteiger charge is 2.21. The summed E-state index contributed by atoms with van der Waals surface area (Å²) in [4.78, 5) is 71.2. The molecule has 0 unspecified atom stereocenters. The van der Waals surface area contributed by atoms with Crippen LogP contribution >= 0.6 is 8.60 Å². The zero-order valence-corrected chi connectivity index (χ0v) is 27.9. The van der Waals surface area contributed by atoms with Crippen LogP contribution in [-0.2, 0) is 28.6 Å². The maximum absolute atomic E-state index is 12.4. The molecular formula is C33H36N3O12P. The van der Waals surface area contributed by atoms with Crippen molar-refractivity contribution in [2.75, 3.05) is 41.0 Å². The van der Waals surface area contributed by atoms with Gasteiger partial charge in [0, 0.05) is 36.3 Å². The van der Waals surface area contributed by atoms with Gasteiger partial charge in [-0.05, 0) is 72.8 Å². The molecule has 3 aromatic carbocycles. The van der Waals surface area contributed by atoms with E-state index >= 15 is 0 Å². The SMILES string of the molecule is COC(=O)CCNC(=O)c1ccc(OP(Oc2ccc(C(=O)NCCC(=O)OC)cc2)Oc2ccc(C(=O)NCCC(=O)OC)cc2)cc1. The average molecular weight is 698 g/mol. The summed E-state index contributed by atoms with van der Waals surface area (Å²) in [5, 5.41) is 7.88. The van der Waals surface area contributed by atoms with Crippen molar-refractivity contribution >= 4 is 44.2 Å². The Morgan fingerprint density at radius 3 is 0.918 bits per heavy atom. The molecule has 260 valence electrons. The van der Waals surface area contributed by atoms with E-state index in [2.05, 4.69) is 30.2 Å². The Labute approximate surface area is 283 Å². The van der Waals surface area contributed by atoms with Crippen LogP contribution in [0.3, 0.4) is 0 Å². The second kappa shape index (κ2) is 19.9. The molecule has 0 aliphatic carbocycles. The summed E-state index contributed by atoms with van der Waals surface area (Å²) in [6.45, 7) is 0.329. The third kappa shape index (κ3) is 13.1. The quantitative estimate of drug-likeness (QED) is 0.0999. The summed E-state index contributed by atoms with van der Waals surface area (Å²) >= 11 is 0. The maximum atomic E-state index is 12.4. The first-order chi connectivity index (χ1) is 23.6. The normalized spacial score (nSPS) is 10.3. The van der Waals surface area contributed by atoms with Crippen LogP contribution in [0, 0.1) is 0 Å². The smallest absolute Gasteiger partial charge is 0.469 e. The van der Waals surface area contributed by atoms with Crippen LogP contribution in [0.5, 0.6) is 17.2 Å². The first-order valence-electron chi connectivity index (χ1n) is 14.8. The van der Waals surface area contributed by atoms with Gasteiger partial charge < -0.3 is 43.7 Å². The number of carbonyl (C=O) groups is 6. The molecule has 0 aliphatic heterocycles. The number of amides is 3. The van der Waals surface area contributed by atoms with Crippen LogP contribution in [0.15, 0.2) is 72.8 Å². The minimum atomic E-state index is -2.18. The molecule has 0 aliphatic rings. The van der Waals surface area contributed by atoms with Gasteiger partial charge in [0.2, 0.25) is 0 Å². The molecule has 15 nitrogen and oxygen atoms in total. The number of rotatable bonds is 18. The number of ether oxygens (including phenoxy) is 3. The van der Waals surface area contributed by atoms with Gasteiger partial charge >= 0.3 is 26.5 Å². The van der Waals surface area contributed by atoms with E-state index in [4.69, 9.17) is 13.6 Å². The van der Waals surface area contributed by atoms with Gasteiger partial charge in [-0.1, -0.05) is 0 Å². The topological polar surface area (TPSA) is 194 Å². The highest BCUT2D eigenvalue weighted by molar-refractivity contribution is 7.43. The second-order valence-electron chi connectivity index (χ2n) is 9.82. The molecule has 0 heterocycles. The van der Waals surface area contributed by atoms with Crippen LogP contribution in [0.25, 0.3) is 0 Å². The summed E-state index contributed by atoms with van der Waals surface area (Å²) in [5.74, 6) is -1.60. The minimum absolute atomic E-state index is 0.0322. The zero-order chi connectivity index (χ0) is 35.6. The molecule has 49 heavy (non-hydrogen) atoms. The number of nitrogens with one attached hydrogen (secondary N) is 3. The molecular weight excluding hydrogens is 661 g/mol. The van der Waals surface area contributed by atoms with E-state index in [-0.39, 0.29) is 38.9 Å². The van der Waals surface area contributed by atoms with Gasteiger partial charge in [-0.2, -0.15) is 0 Å². The number of methoxy groups -OCH3 is 3. The Morgan fingerprint density at radius 2 is 0.694 bits per heavy atom. The van der Waals surface area contributed by atoms with E-state index in [0.717, 1.165) is 0 Å². The zero-order valence-electron chi connectivity index (χ0n) is 27.0. The van der Waals surface area contributed by atoms with E-state index in [9.17, 15) is 28.8 Å². The number of hydrogen-bond donors (Lipinski definition) is 3. The third-order valence-electron chi connectivity index (χ3n) is 6.42. The van der Waals surface area contributed by atoms with Crippen molar-refractivity contribution in [1.82, 2.24) is 16.0 Å². The van der Waals surface area contributed by atoms with Gasteiger partial charge in [-0.3, -0.25) is 28.8 Å². The fourth-order valence-electron chi connectivity index (χ4n) is 3.76. The Hall–Kier alpha value is -5.69. The van der Waals surface area contributed by atoms with Crippen molar-refractivity contribution in [2.45, 2.75) is 19.3 Å². The summed E-state index contributed by atoms with van der Waals surface area (Å²) in [7, 11) is 1.62. The summed E-state index contributed by atoms with van der Waals surface area (Å²) < 4.78 is 31.7. The van der Waals surface area contributed by atoms with Crippen molar-refractivity contribution in [3.8, 4) is 17.2 Å². The lowest BCUT2D eigenvalue weighted by atomic mass is 10.2. The molecule has 3 aromatic rings. The third-order valence-corrected chi connectivity index (χ3v) is 7.50. The number of hydrogen-bond acceptors (Lipinski definition) is 12. The van der Waals surface area contributed by atoms with E-state index in [1.165, 1.54) is 57.7 Å². The summed E-state index contributed by atoms with van der Waals surface area (Å²) in [6, 6.07) is 18.4. The van der Waals surface area contributed by atoms with Gasteiger partial charge in [0.25, 0.3) is 17.7 Å². The Bertz CT molecular complexity index is 1390. The minimum Gasteiger partial charge on any atom is -0.469 e. The fraction of sp³-hybridized carbons (Fsp3) is 0.273. The lowest BCUT2D eigenvalue weighted by Crippen LogP contribution is -2.26. The van der Waals surface area contributed by atoms with Gasteiger partial charge in [-0.25, -0.2) is 0 Å². The van der Waals surface area contributed by atoms with Crippen LogP contribution in [0.1, 0.15) is 50.3 Å². The number of benzene rings is 3. The predicted molar refractivity (Wildman–Crippen MR) is 175 cm³/mol. The Balaban J connectivity index is 1.70. The molecule has 0 aromatic heterocycles. The highest BCUT2D eigenvalue weighted by Crippen LogP contribution is 2.42. The van der Waals surface area contributed by atoms with Gasteiger partial charge in [0.15, 0.2) is 0 Å². The van der Waals surface area contributed by atoms with Gasteiger partial charge in [0.05, 0.1) is 40.6 Å². The van der Waals surface area contributed by atoms with Crippen molar-refractivity contribution in [1.29, 1.82) is 0 Å². The summed E-state index contributed by atoms with van der Waals surface area (Å²) in [5.41, 5.74) is 0.970. The molecule has 0 bridgehead atoms. The molecule has 3 rings (SSSR count). The number of esters is 3. The van der Waals surface area contributed by atoms with Crippen LogP contribution in [0.4, 0.5) is 0 Å². The predicted octanol–water partition coefficient (Wildman–Crippen LogP) is 3.33. The maximum Gasteiger partial charge on any atom is 0.530 e.